The topological polar surface area (TPSA) is 16.4 Å². The van der Waals surface area contributed by atoms with Crippen LogP contribution in [-0.4, -0.2) is 18.0 Å². The van der Waals surface area contributed by atoms with Gasteiger partial charge in [-0.3, -0.25) is 4.90 Å². The monoisotopic (exact) mass is 207 g/mol. The van der Waals surface area contributed by atoms with Crippen molar-refractivity contribution in [2.75, 3.05) is 13.1 Å². The van der Waals surface area contributed by atoms with Gasteiger partial charge >= 0.3 is 0 Å². The lowest BCUT2D eigenvalue weighted by atomic mass is 9.96. The van der Waals surface area contributed by atoms with Gasteiger partial charge in [0.2, 0.25) is 0 Å². The predicted molar refractivity (Wildman–Crippen MR) is 61.7 cm³/mol. The lowest BCUT2D eigenvalue weighted by molar-refractivity contribution is 0.132. The minimum absolute atomic E-state index is 0.597. The van der Waals surface area contributed by atoms with E-state index in [0.29, 0.717) is 6.04 Å². The van der Waals surface area contributed by atoms with Gasteiger partial charge in [-0.1, -0.05) is 20.3 Å². The molecule has 0 unspecified atom stereocenters. The average Bonchev–Trinajstić information content (AvgIpc) is 2.70. The van der Waals surface area contributed by atoms with E-state index < -0.39 is 0 Å². The fourth-order valence-corrected chi connectivity index (χ4v) is 2.52. The van der Waals surface area contributed by atoms with Crippen LogP contribution >= 0.6 is 0 Å². The molecule has 1 aliphatic heterocycles. The molecule has 1 aliphatic rings. The third kappa shape index (κ3) is 2.63. The van der Waals surface area contributed by atoms with E-state index in [-0.39, 0.29) is 0 Å². The van der Waals surface area contributed by atoms with Gasteiger partial charge in [0.25, 0.3) is 0 Å². The van der Waals surface area contributed by atoms with Gasteiger partial charge in [0.1, 0.15) is 0 Å². The van der Waals surface area contributed by atoms with Gasteiger partial charge in [-0.05, 0) is 31.4 Å². The van der Waals surface area contributed by atoms with E-state index in [1.54, 1.807) is 6.26 Å². The molecule has 0 aliphatic carbocycles. The maximum absolute atomic E-state index is 5.19. The Morgan fingerprint density at radius 3 is 3.00 bits per heavy atom. The summed E-state index contributed by atoms with van der Waals surface area (Å²) in [5.41, 5.74) is 1.36. The third-order valence-corrected chi connectivity index (χ3v) is 3.14. The van der Waals surface area contributed by atoms with Crippen molar-refractivity contribution in [2.24, 2.45) is 5.92 Å². The van der Waals surface area contributed by atoms with Gasteiger partial charge in [-0.25, -0.2) is 0 Å². The molecule has 1 aromatic heterocycles. The molecule has 2 heterocycles. The normalized spacial score (nSPS) is 23.5. The molecule has 1 aromatic rings. The second-order valence-electron chi connectivity index (χ2n) is 4.96. The number of likely N-dealkylation sites (tertiary alicyclic amines) is 1. The molecule has 1 saturated heterocycles. The van der Waals surface area contributed by atoms with Crippen LogP contribution in [-0.2, 0) is 0 Å². The Morgan fingerprint density at radius 2 is 2.33 bits per heavy atom. The van der Waals surface area contributed by atoms with Crippen molar-refractivity contribution in [3.8, 4) is 0 Å². The highest BCUT2D eigenvalue weighted by atomic mass is 16.3. The van der Waals surface area contributed by atoms with Gasteiger partial charge in [0.05, 0.1) is 12.5 Å². The number of rotatable bonds is 3. The molecule has 1 fully saturated rings. The highest BCUT2D eigenvalue weighted by Gasteiger charge is 2.24. The van der Waals surface area contributed by atoms with Gasteiger partial charge in [0, 0.05) is 18.2 Å². The summed E-state index contributed by atoms with van der Waals surface area (Å²) in [5, 5.41) is 0. The number of nitrogens with zero attached hydrogens (tertiary/aromatic N) is 1. The summed E-state index contributed by atoms with van der Waals surface area (Å²) in [6.07, 6.45) is 7.68. The van der Waals surface area contributed by atoms with Crippen LogP contribution in [0, 0.1) is 5.92 Å². The fourth-order valence-electron chi connectivity index (χ4n) is 2.52. The summed E-state index contributed by atoms with van der Waals surface area (Å²) >= 11 is 0. The van der Waals surface area contributed by atoms with E-state index in [0.717, 1.165) is 5.92 Å². The summed E-state index contributed by atoms with van der Waals surface area (Å²) in [5.74, 6) is 0.748. The molecular formula is C13H21NO. The van der Waals surface area contributed by atoms with Crippen LogP contribution in [0.15, 0.2) is 23.0 Å². The first-order chi connectivity index (χ1) is 7.27. The lowest BCUT2D eigenvalue weighted by Gasteiger charge is -2.36. The van der Waals surface area contributed by atoms with Crippen LogP contribution < -0.4 is 0 Å². The van der Waals surface area contributed by atoms with Crippen LogP contribution in [0.1, 0.15) is 44.7 Å². The van der Waals surface area contributed by atoms with E-state index in [9.17, 15) is 0 Å². The van der Waals surface area contributed by atoms with Gasteiger partial charge < -0.3 is 4.42 Å². The van der Waals surface area contributed by atoms with Crippen LogP contribution in [0.3, 0.4) is 0 Å². The molecule has 0 spiro atoms. The first-order valence-electron chi connectivity index (χ1n) is 6.03. The zero-order chi connectivity index (χ0) is 10.7. The summed E-state index contributed by atoms with van der Waals surface area (Å²) in [7, 11) is 0. The molecule has 1 atom stereocenters. The maximum atomic E-state index is 5.19. The fraction of sp³-hybridized carbons (Fsp3) is 0.692. The molecule has 0 bridgehead atoms. The van der Waals surface area contributed by atoms with Crippen molar-refractivity contribution in [2.45, 2.75) is 39.2 Å². The zero-order valence-corrected chi connectivity index (χ0v) is 9.78. The van der Waals surface area contributed by atoms with E-state index in [1.165, 1.54) is 37.9 Å². The third-order valence-electron chi connectivity index (χ3n) is 3.14. The number of hydrogen-bond acceptors (Lipinski definition) is 2. The molecular weight excluding hydrogens is 186 g/mol. The highest BCUT2D eigenvalue weighted by molar-refractivity contribution is 5.12. The molecule has 0 amide bonds. The summed E-state index contributed by atoms with van der Waals surface area (Å²) < 4.78 is 5.19. The lowest BCUT2D eigenvalue weighted by Crippen LogP contribution is -2.35. The molecule has 0 saturated carbocycles. The first-order valence-corrected chi connectivity index (χ1v) is 6.03. The Morgan fingerprint density at radius 1 is 1.47 bits per heavy atom. The van der Waals surface area contributed by atoms with E-state index in [1.807, 2.05) is 6.26 Å². The second kappa shape index (κ2) is 4.84. The second-order valence-corrected chi connectivity index (χ2v) is 4.96. The Hall–Kier alpha value is -0.760. The van der Waals surface area contributed by atoms with Crippen LogP contribution in [0.4, 0.5) is 0 Å². The van der Waals surface area contributed by atoms with Crippen molar-refractivity contribution in [3.63, 3.8) is 0 Å². The molecule has 2 rings (SSSR count). The average molecular weight is 207 g/mol. The molecule has 15 heavy (non-hydrogen) atoms. The Bertz CT molecular complexity index is 279. The van der Waals surface area contributed by atoms with Crippen molar-refractivity contribution in [1.29, 1.82) is 0 Å². The summed E-state index contributed by atoms with van der Waals surface area (Å²) in [6.45, 7) is 7.03. The quantitative estimate of drug-likeness (QED) is 0.754. The number of piperidine rings is 1. The summed E-state index contributed by atoms with van der Waals surface area (Å²) in [4.78, 5) is 2.61. The predicted octanol–water partition coefficient (Wildman–Crippen LogP) is 3.46. The van der Waals surface area contributed by atoms with E-state index in [2.05, 4.69) is 24.8 Å². The minimum Gasteiger partial charge on any atom is -0.472 e. The highest BCUT2D eigenvalue weighted by Crippen LogP contribution is 2.31. The largest absolute Gasteiger partial charge is 0.472 e. The van der Waals surface area contributed by atoms with Crippen molar-refractivity contribution in [1.82, 2.24) is 4.90 Å². The smallest absolute Gasteiger partial charge is 0.0950 e. The number of hydrogen-bond donors (Lipinski definition) is 0. The Labute approximate surface area is 92.3 Å². The van der Waals surface area contributed by atoms with Gasteiger partial charge in [-0.2, -0.15) is 0 Å². The van der Waals surface area contributed by atoms with Crippen molar-refractivity contribution in [3.05, 3.63) is 24.2 Å². The SMILES string of the molecule is CC(C)CN1CCCC[C@@H]1c1ccoc1. The van der Waals surface area contributed by atoms with Crippen molar-refractivity contribution < 1.29 is 4.42 Å². The molecule has 2 nitrogen and oxygen atoms in total. The van der Waals surface area contributed by atoms with Gasteiger partial charge in [-0.15, -0.1) is 0 Å². The summed E-state index contributed by atoms with van der Waals surface area (Å²) in [6, 6.07) is 2.71. The molecule has 84 valence electrons. The van der Waals surface area contributed by atoms with E-state index in [4.69, 9.17) is 4.42 Å². The molecule has 0 aromatic carbocycles. The van der Waals surface area contributed by atoms with E-state index >= 15 is 0 Å². The van der Waals surface area contributed by atoms with Crippen LogP contribution in [0.25, 0.3) is 0 Å². The maximum Gasteiger partial charge on any atom is 0.0950 e. The zero-order valence-electron chi connectivity index (χ0n) is 9.78. The molecule has 2 heteroatoms. The molecule has 0 radical (unpaired) electrons. The molecule has 0 N–H and O–H groups in total. The standard InChI is InChI=1S/C13H21NO/c1-11(2)9-14-7-4-3-5-13(14)12-6-8-15-10-12/h6,8,10-11,13H,3-5,7,9H2,1-2H3/t13-/m1/s1. The Kier molecular flexibility index (Phi) is 3.47. The Balaban J connectivity index is 2.06. The van der Waals surface area contributed by atoms with Gasteiger partial charge in [0.15, 0.2) is 0 Å². The van der Waals surface area contributed by atoms with Crippen LogP contribution in [0.2, 0.25) is 0 Å². The van der Waals surface area contributed by atoms with Crippen LogP contribution in [0.5, 0.6) is 0 Å². The number of furan rings is 1. The van der Waals surface area contributed by atoms with Crippen molar-refractivity contribution >= 4 is 0 Å². The minimum atomic E-state index is 0.597. The first kappa shape index (κ1) is 10.7.